The number of carbonyl (C=O) groups is 2. The summed E-state index contributed by atoms with van der Waals surface area (Å²) < 4.78 is 11.3. The largest absolute Gasteiger partial charge is 0.508 e. The number of hydrogen-bond acceptors (Lipinski definition) is 8. The Labute approximate surface area is 218 Å². The van der Waals surface area contributed by atoms with Gasteiger partial charge in [0.1, 0.15) is 17.1 Å². The normalized spacial score (nSPS) is 22.0. The van der Waals surface area contributed by atoms with Crippen LogP contribution in [0.15, 0.2) is 41.6 Å². The molecule has 0 aromatic heterocycles. The molecular weight excluding hydrogens is 476 g/mol. The lowest BCUT2D eigenvalue weighted by molar-refractivity contribution is -0.137. The number of oxime groups is 1. The molecule has 0 bridgehead atoms. The number of nitrogens with zero attached hydrogens (tertiary/aromatic N) is 2. The van der Waals surface area contributed by atoms with Gasteiger partial charge < -0.3 is 29.4 Å². The minimum Gasteiger partial charge on any atom is -0.508 e. The second-order valence-corrected chi connectivity index (χ2v) is 9.23. The highest BCUT2D eigenvalue weighted by Gasteiger charge is 2.21. The number of phenolic OH excluding ortho intramolecular Hbond substituents is 2. The number of ether oxygens (including phenoxy) is 2. The fourth-order valence-electron chi connectivity index (χ4n) is 4.23. The first-order valence-corrected chi connectivity index (χ1v) is 13.1. The highest BCUT2D eigenvalue weighted by Crippen LogP contribution is 2.29. The molecule has 0 spiro atoms. The topological polar surface area (TPSA) is 118 Å². The third-order valence-electron chi connectivity index (χ3n) is 6.22. The maximum absolute atomic E-state index is 12.8. The van der Waals surface area contributed by atoms with Crippen LogP contribution in [-0.2, 0) is 25.5 Å². The smallest absolute Gasteiger partial charge is 0.342 e. The maximum atomic E-state index is 12.8. The zero-order chi connectivity index (χ0) is 26.5. The third-order valence-corrected chi connectivity index (χ3v) is 6.22. The fourth-order valence-corrected chi connectivity index (χ4v) is 4.23. The molecule has 1 saturated heterocycles. The van der Waals surface area contributed by atoms with Crippen LogP contribution in [0, 0.1) is 0 Å². The summed E-state index contributed by atoms with van der Waals surface area (Å²) in [6.07, 6.45) is 13.6. The van der Waals surface area contributed by atoms with Crippen LogP contribution in [0.3, 0.4) is 0 Å². The summed E-state index contributed by atoms with van der Waals surface area (Å²) in [5.41, 5.74) is 0.712. The number of benzene rings is 1. The van der Waals surface area contributed by atoms with E-state index in [0.29, 0.717) is 30.7 Å². The molecule has 37 heavy (non-hydrogen) atoms. The van der Waals surface area contributed by atoms with Crippen molar-refractivity contribution >= 4 is 17.6 Å². The van der Waals surface area contributed by atoms with E-state index in [-0.39, 0.29) is 48.7 Å². The summed E-state index contributed by atoms with van der Waals surface area (Å²) in [6, 6.07) is 2.49. The molecule has 2 aliphatic rings. The number of carbonyl (C=O) groups excluding carboxylic acids is 2. The minimum absolute atomic E-state index is 0.0369. The van der Waals surface area contributed by atoms with E-state index in [4.69, 9.17) is 14.3 Å². The van der Waals surface area contributed by atoms with Gasteiger partial charge in [0.15, 0.2) is 6.61 Å². The van der Waals surface area contributed by atoms with Crippen LogP contribution in [0.25, 0.3) is 0 Å². The Morgan fingerprint density at radius 1 is 1.19 bits per heavy atom. The number of aromatic hydroxyl groups is 2. The van der Waals surface area contributed by atoms with Crippen LogP contribution in [0.5, 0.6) is 11.5 Å². The molecule has 0 aliphatic carbocycles. The summed E-state index contributed by atoms with van der Waals surface area (Å²) in [7, 11) is 0. The highest BCUT2D eigenvalue weighted by atomic mass is 16.6. The van der Waals surface area contributed by atoms with Crippen molar-refractivity contribution in [3.8, 4) is 11.5 Å². The maximum Gasteiger partial charge on any atom is 0.342 e. The van der Waals surface area contributed by atoms with Gasteiger partial charge in [0.2, 0.25) is 0 Å². The van der Waals surface area contributed by atoms with E-state index < -0.39 is 5.97 Å². The first-order valence-electron chi connectivity index (χ1n) is 13.1. The molecule has 1 aromatic carbocycles. The number of unbranched alkanes of at least 4 members (excludes halogenated alkanes) is 1. The number of esters is 1. The molecule has 0 saturated carbocycles. The Balaban J connectivity index is 1.83. The zero-order valence-electron chi connectivity index (χ0n) is 21.6. The highest BCUT2D eigenvalue weighted by molar-refractivity contribution is 6.00. The van der Waals surface area contributed by atoms with E-state index >= 15 is 0 Å². The second-order valence-electron chi connectivity index (χ2n) is 9.23. The molecule has 1 aromatic rings. The number of rotatable bonds is 7. The summed E-state index contributed by atoms with van der Waals surface area (Å²) in [4.78, 5) is 32.5. The van der Waals surface area contributed by atoms with E-state index in [1.807, 2.05) is 18.2 Å². The zero-order valence-corrected chi connectivity index (χ0v) is 21.6. The Hall–Kier alpha value is -3.33. The molecule has 3 rings (SSSR count). The Morgan fingerprint density at radius 3 is 2.78 bits per heavy atom. The average molecular weight is 515 g/mol. The fraction of sp³-hybridized carbons (Fsp3) is 0.536. The van der Waals surface area contributed by atoms with E-state index in [1.54, 1.807) is 11.0 Å². The summed E-state index contributed by atoms with van der Waals surface area (Å²) in [5, 5.41) is 24.6. The monoisotopic (exact) mass is 514 g/mol. The molecule has 2 N–H and O–H groups in total. The predicted molar refractivity (Wildman–Crippen MR) is 140 cm³/mol. The van der Waals surface area contributed by atoms with Gasteiger partial charge in [-0.3, -0.25) is 4.79 Å². The van der Waals surface area contributed by atoms with Crippen molar-refractivity contribution < 1.29 is 34.1 Å². The molecular formula is C28H38N2O7. The lowest BCUT2D eigenvalue weighted by Gasteiger charge is -2.26. The number of piperidine rings is 1. The van der Waals surface area contributed by atoms with E-state index in [0.717, 1.165) is 51.3 Å². The molecule has 1 amide bonds. The number of likely N-dealkylation sites (tertiary alicyclic amines) is 1. The number of amides is 1. The molecule has 202 valence electrons. The van der Waals surface area contributed by atoms with Gasteiger partial charge in [-0.25, -0.2) is 4.79 Å². The van der Waals surface area contributed by atoms with Crippen LogP contribution in [0.1, 0.15) is 67.8 Å². The van der Waals surface area contributed by atoms with Crippen LogP contribution in [0.2, 0.25) is 0 Å². The molecule has 0 radical (unpaired) electrons. The number of hydrogen-bond donors (Lipinski definition) is 2. The van der Waals surface area contributed by atoms with Gasteiger partial charge in [-0.2, -0.15) is 0 Å². The number of allylic oxidation sites excluding steroid dienone is 1. The second kappa shape index (κ2) is 15.0. The number of phenols is 2. The molecule has 2 heterocycles. The molecule has 2 aliphatic heterocycles. The van der Waals surface area contributed by atoms with Gasteiger partial charge in [-0.15, -0.1) is 0 Å². The van der Waals surface area contributed by atoms with Crippen LogP contribution in [-0.4, -0.2) is 71.7 Å². The van der Waals surface area contributed by atoms with Gasteiger partial charge in [0, 0.05) is 32.2 Å². The minimum atomic E-state index is -0.696. The van der Waals surface area contributed by atoms with Gasteiger partial charge in [-0.05, 0) is 56.2 Å². The Morgan fingerprint density at radius 2 is 2.00 bits per heavy atom. The van der Waals surface area contributed by atoms with Crippen molar-refractivity contribution in [1.29, 1.82) is 0 Å². The van der Waals surface area contributed by atoms with E-state index in [2.05, 4.69) is 12.1 Å². The first-order chi connectivity index (χ1) is 18.0. The van der Waals surface area contributed by atoms with E-state index in [1.165, 1.54) is 6.07 Å². The first kappa shape index (κ1) is 28.2. The van der Waals surface area contributed by atoms with Crippen molar-refractivity contribution in [2.24, 2.45) is 5.16 Å². The van der Waals surface area contributed by atoms with Crippen molar-refractivity contribution in [1.82, 2.24) is 4.90 Å². The molecule has 1 unspecified atom stereocenters. The molecule has 9 nitrogen and oxygen atoms in total. The molecule has 1 atom stereocenters. The average Bonchev–Trinajstić information content (AvgIpc) is 2.87. The van der Waals surface area contributed by atoms with Crippen LogP contribution >= 0.6 is 0 Å². The Bertz CT molecular complexity index is 996. The van der Waals surface area contributed by atoms with Crippen molar-refractivity contribution in [3.63, 3.8) is 0 Å². The van der Waals surface area contributed by atoms with Crippen molar-refractivity contribution in [2.45, 2.75) is 64.4 Å². The summed E-state index contributed by atoms with van der Waals surface area (Å²) in [5.74, 6) is -1.39. The standard InChI is InChI=1S/C28H38N2O7/c1-2-3-15-35-24-11-5-8-16-36-28(34)27-21(18-23(31)19-25(27)32)17-22(10-9-12-24)29-37-20-26(33)30-13-6-4-7-14-30/h5,9-11,18-19,24,31-32H,2-4,6-8,12-17,20H2,1H3/b10-9+,11-5+,29-22+. The summed E-state index contributed by atoms with van der Waals surface area (Å²) in [6.45, 7) is 4.13. The van der Waals surface area contributed by atoms with Crippen molar-refractivity contribution in [2.75, 3.05) is 32.9 Å². The summed E-state index contributed by atoms with van der Waals surface area (Å²) >= 11 is 0. The van der Waals surface area contributed by atoms with Gasteiger partial charge in [-0.1, -0.05) is 36.7 Å². The quantitative estimate of drug-likeness (QED) is 0.241. The third kappa shape index (κ3) is 9.24. The lowest BCUT2D eigenvalue weighted by Crippen LogP contribution is -2.37. The number of fused-ring (bicyclic) bond motifs is 1. The van der Waals surface area contributed by atoms with E-state index in [9.17, 15) is 19.8 Å². The SMILES string of the molecule is CCCCOC1/C=C/CCOC(=O)c2c(O)cc(O)cc2CC(=N/OCC(=O)N2CCCCC2)/C=C/C1. The van der Waals surface area contributed by atoms with Crippen molar-refractivity contribution in [3.05, 3.63) is 47.6 Å². The Kier molecular flexibility index (Phi) is 11.5. The van der Waals surface area contributed by atoms with Crippen LogP contribution < -0.4 is 0 Å². The predicted octanol–water partition coefficient (Wildman–Crippen LogP) is 4.27. The molecule has 9 heteroatoms. The van der Waals surface area contributed by atoms with Crippen LogP contribution in [0.4, 0.5) is 0 Å². The van der Waals surface area contributed by atoms with Gasteiger partial charge >= 0.3 is 5.97 Å². The van der Waals surface area contributed by atoms with Gasteiger partial charge in [0.25, 0.3) is 5.91 Å². The lowest BCUT2D eigenvalue weighted by atomic mass is 9.99. The number of cyclic esters (lactones) is 1. The van der Waals surface area contributed by atoms with Gasteiger partial charge in [0.05, 0.1) is 18.4 Å². The molecule has 1 fully saturated rings.